The summed E-state index contributed by atoms with van der Waals surface area (Å²) < 4.78 is 5.44. The van der Waals surface area contributed by atoms with Gasteiger partial charge in [0.2, 0.25) is 5.91 Å². The molecule has 3 aromatic heterocycles. The maximum absolute atomic E-state index is 12.7. The van der Waals surface area contributed by atoms with Crippen LogP contribution in [0.25, 0.3) is 22.0 Å². The number of nitrogens with two attached hydrogens (primary N) is 1. The largest absolute Gasteiger partial charge is 0.383 e. The van der Waals surface area contributed by atoms with Crippen molar-refractivity contribution in [1.82, 2.24) is 15.0 Å². The molecule has 3 aromatic rings. The minimum absolute atomic E-state index is 0.0590. The van der Waals surface area contributed by atoms with E-state index in [9.17, 15) is 4.79 Å². The summed E-state index contributed by atoms with van der Waals surface area (Å²) in [6.07, 6.45) is 8.31. The molecule has 1 saturated heterocycles. The summed E-state index contributed by atoms with van der Waals surface area (Å²) in [6, 6.07) is 5.78. The quantitative estimate of drug-likeness (QED) is 0.690. The molecule has 2 unspecified atom stereocenters. The number of rotatable bonds is 4. The molecule has 2 fully saturated rings. The zero-order valence-electron chi connectivity index (χ0n) is 17.0. The van der Waals surface area contributed by atoms with Crippen molar-refractivity contribution in [1.29, 1.82) is 0 Å². The predicted molar refractivity (Wildman–Crippen MR) is 116 cm³/mol. The SMILES string of the molecule is Cc1ccncc1-c1cc2cc(NC(=O)C3CC3C3CCOCC3)ncc2c(N)n1. The van der Waals surface area contributed by atoms with Crippen LogP contribution in [0.4, 0.5) is 11.6 Å². The van der Waals surface area contributed by atoms with Crippen LogP contribution in [0, 0.1) is 24.7 Å². The van der Waals surface area contributed by atoms with E-state index >= 15 is 0 Å². The summed E-state index contributed by atoms with van der Waals surface area (Å²) in [5, 5.41) is 4.66. The van der Waals surface area contributed by atoms with Gasteiger partial charge in [-0.05, 0) is 67.2 Å². The Morgan fingerprint density at radius 2 is 2.07 bits per heavy atom. The third-order valence-corrected chi connectivity index (χ3v) is 6.36. The third-order valence-electron chi connectivity index (χ3n) is 6.36. The second-order valence-corrected chi connectivity index (χ2v) is 8.32. The van der Waals surface area contributed by atoms with Gasteiger partial charge in [-0.1, -0.05) is 0 Å². The smallest absolute Gasteiger partial charge is 0.228 e. The molecule has 1 saturated carbocycles. The molecule has 7 heteroatoms. The molecule has 1 aliphatic carbocycles. The zero-order valence-corrected chi connectivity index (χ0v) is 17.0. The first-order chi connectivity index (χ1) is 14.6. The van der Waals surface area contributed by atoms with E-state index in [1.165, 1.54) is 0 Å². The topological polar surface area (TPSA) is 103 Å². The van der Waals surface area contributed by atoms with Crippen LogP contribution in [-0.4, -0.2) is 34.1 Å². The van der Waals surface area contributed by atoms with Gasteiger partial charge in [0.05, 0.1) is 5.69 Å². The van der Waals surface area contributed by atoms with Crippen molar-refractivity contribution >= 4 is 28.3 Å². The van der Waals surface area contributed by atoms with Crippen molar-refractivity contribution in [2.24, 2.45) is 17.8 Å². The highest BCUT2D eigenvalue weighted by atomic mass is 16.5. The van der Waals surface area contributed by atoms with Crippen LogP contribution in [0.3, 0.4) is 0 Å². The van der Waals surface area contributed by atoms with Crippen LogP contribution in [0.1, 0.15) is 24.8 Å². The third kappa shape index (κ3) is 3.61. The molecular weight excluding hydrogens is 378 g/mol. The number of aromatic nitrogens is 3. The van der Waals surface area contributed by atoms with Crippen molar-refractivity contribution in [3.63, 3.8) is 0 Å². The number of nitrogens with zero attached hydrogens (tertiary/aromatic N) is 3. The van der Waals surface area contributed by atoms with Gasteiger partial charge in [-0.3, -0.25) is 9.78 Å². The molecule has 5 rings (SSSR count). The molecule has 7 nitrogen and oxygen atoms in total. The number of aryl methyl sites for hydroxylation is 1. The molecule has 2 aliphatic rings. The fourth-order valence-electron chi connectivity index (χ4n) is 4.51. The molecule has 0 bridgehead atoms. The minimum Gasteiger partial charge on any atom is -0.383 e. The number of carbonyl (C=O) groups is 1. The van der Waals surface area contributed by atoms with Crippen LogP contribution in [0.2, 0.25) is 0 Å². The van der Waals surface area contributed by atoms with Crippen LogP contribution < -0.4 is 11.1 Å². The summed E-state index contributed by atoms with van der Waals surface area (Å²) in [5.41, 5.74) is 8.96. The fraction of sp³-hybridized carbons (Fsp3) is 0.391. The zero-order chi connectivity index (χ0) is 20.7. The number of hydrogen-bond acceptors (Lipinski definition) is 6. The van der Waals surface area contributed by atoms with E-state index < -0.39 is 0 Å². The Morgan fingerprint density at radius 1 is 1.23 bits per heavy atom. The molecule has 0 radical (unpaired) electrons. The first-order valence-corrected chi connectivity index (χ1v) is 10.5. The van der Waals surface area contributed by atoms with E-state index in [4.69, 9.17) is 10.5 Å². The second kappa shape index (κ2) is 7.65. The highest BCUT2D eigenvalue weighted by Crippen LogP contribution is 2.48. The number of ether oxygens (including phenoxy) is 1. The molecule has 2 atom stereocenters. The molecule has 1 amide bonds. The van der Waals surface area contributed by atoms with Gasteiger partial charge in [-0.25, -0.2) is 9.97 Å². The summed E-state index contributed by atoms with van der Waals surface area (Å²) in [6.45, 7) is 3.65. The van der Waals surface area contributed by atoms with E-state index in [1.807, 2.05) is 25.1 Å². The number of carbonyl (C=O) groups excluding carboxylic acids is 1. The van der Waals surface area contributed by atoms with E-state index in [0.29, 0.717) is 23.5 Å². The number of nitrogen functional groups attached to an aromatic ring is 1. The molecule has 4 heterocycles. The van der Waals surface area contributed by atoms with Crippen LogP contribution in [-0.2, 0) is 9.53 Å². The van der Waals surface area contributed by atoms with E-state index in [2.05, 4.69) is 20.3 Å². The van der Waals surface area contributed by atoms with Crippen molar-refractivity contribution in [2.45, 2.75) is 26.2 Å². The minimum atomic E-state index is 0.0590. The predicted octanol–water partition coefficient (Wildman–Crippen LogP) is 3.58. The Bertz CT molecular complexity index is 1110. The highest BCUT2D eigenvalue weighted by molar-refractivity contribution is 5.98. The Kier molecular flexibility index (Phi) is 4.83. The summed E-state index contributed by atoms with van der Waals surface area (Å²) in [5.74, 6) is 2.19. The fourth-order valence-corrected chi connectivity index (χ4v) is 4.51. The standard InChI is InChI=1S/C23H25N5O2/c1-13-2-5-25-11-18(13)20-8-15-9-21(26-12-19(15)22(24)27-20)28-23(29)17-10-16(17)14-3-6-30-7-4-14/h2,5,8-9,11-12,14,16-17H,3-4,6-7,10H2,1H3,(H2,24,27)(H,26,28,29). The van der Waals surface area contributed by atoms with E-state index in [-0.39, 0.29) is 11.8 Å². The van der Waals surface area contributed by atoms with Gasteiger partial charge in [0.25, 0.3) is 0 Å². The van der Waals surface area contributed by atoms with Gasteiger partial charge < -0.3 is 15.8 Å². The lowest BCUT2D eigenvalue weighted by molar-refractivity contribution is -0.117. The molecule has 154 valence electrons. The Balaban J connectivity index is 1.37. The van der Waals surface area contributed by atoms with Gasteiger partial charge in [-0.15, -0.1) is 0 Å². The Morgan fingerprint density at radius 3 is 2.87 bits per heavy atom. The first-order valence-electron chi connectivity index (χ1n) is 10.5. The van der Waals surface area contributed by atoms with Gasteiger partial charge in [0, 0.05) is 48.7 Å². The molecule has 0 spiro atoms. The lowest BCUT2D eigenvalue weighted by Crippen LogP contribution is -2.21. The van der Waals surface area contributed by atoms with E-state index in [1.54, 1.807) is 18.6 Å². The van der Waals surface area contributed by atoms with Crippen LogP contribution in [0.15, 0.2) is 36.8 Å². The number of pyridine rings is 3. The Hall–Kier alpha value is -3.06. The Labute approximate surface area is 175 Å². The van der Waals surface area contributed by atoms with Crippen LogP contribution in [0.5, 0.6) is 0 Å². The van der Waals surface area contributed by atoms with Crippen molar-refractivity contribution < 1.29 is 9.53 Å². The average Bonchev–Trinajstić information content (AvgIpc) is 3.56. The lowest BCUT2D eigenvalue weighted by atomic mass is 9.93. The average molecular weight is 403 g/mol. The van der Waals surface area contributed by atoms with Crippen molar-refractivity contribution in [3.05, 3.63) is 42.4 Å². The van der Waals surface area contributed by atoms with Crippen molar-refractivity contribution in [2.75, 3.05) is 24.3 Å². The number of amides is 1. The summed E-state index contributed by atoms with van der Waals surface area (Å²) in [4.78, 5) is 25.9. The van der Waals surface area contributed by atoms with Gasteiger partial charge >= 0.3 is 0 Å². The molecule has 3 N–H and O–H groups in total. The normalized spacial score (nSPS) is 21.5. The molecule has 0 aromatic carbocycles. The second-order valence-electron chi connectivity index (χ2n) is 8.32. The maximum Gasteiger partial charge on any atom is 0.228 e. The lowest BCUT2D eigenvalue weighted by Gasteiger charge is -2.21. The highest BCUT2D eigenvalue weighted by Gasteiger charge is 2.47. The first kappa shape index (κ1) is 18.9. The molecular formula is C23H25N5O2. The number of fused-ring (bicyclic) bond motifs is 1. The molecule has 1 aliphatic heterocycles. The molecule has 30 heavy (non-hydrogen) atoms. The number of hydrogen-bond donors (Lipinski definition) is 2. The number of anilines is 2. The number of nitrogens with one attached hydrogen (secondary N) is 1. The van der Waals surface area contributed by atoms with Gasteiger partial charge in [-0.2, -0.15) is 0 Å². The van der Waals surface area contributed by atoms with Gasteiger partial charge in [0.1, 0.15) is 11.6 Å². The monoisotopic (exact) mass is 403 g/mol. The maximum atomic E-state index is 12.7. The summed E-state index contributed by atoms with van der Waals surface area (Å²) >= 11 is 0. The van der Waals surface area contributed by atoms with Gasteiger partial charge in [0.15, 0.2) is 0 Å². The van der Waals surface area contributed by atoms with E-state index in [0.717, 1.165) is 60.1 Å². The summed E-state index contributed by atoms with van der Waals surface area (Å²) in [7, 11) is 0. The van der Waals surface area contributed by atoms with Crippen LogP contribution >= 0.6 is 0 Å². The van der Waals surface area contributed by atoms with Crippen molar-refractivity contribution in [3.8, 4) is 11.3 Å².